The zero-order chi connectivity index (χ0) is 13.8. The molecule has 0 amide bonds. The minimum absolute atomic E-state index is 0.0371. The highest BCUT2D eigenvalue weighted by molar-refractivity contribution is 9.10. The molecular formula is C11H13BrO4S2. The molecule has 1 rings (SSSR count). The first-order valence-electron chi connectivity index (χ1n) is 5.13. The topological polar surface area (TPSA) is 71.4 Å². The molecular weight excluding hydrogens is 340 g/mol. The second kappa shape index (κ2) is 6.58. The highest BCUT2D eigenvalue weighted by Crippen LogP contribution is 2.23. The fourth-order valence-electron chi connectivity index (χ4n) is 1.43. The summed E-state index contributed by atoms with van der Waals surface area (Å²) in [5.74, 6) is -0.536. The summed E-state index contributed by atoms with van der Waals surface area (Å²) in [6.45, 7) is 0. The van der Waals surface area contributed by atoms with Crippen molar-refractivity contribution in [1.29, 1.82) is 0 Å². The Hall–Kier alpha value is -0.530. The van der Waals surface area contributed by atoms with Crippen LogP contribution in [-0.4, -0.2) is 37.3 Å². The third-order valence-corrected chi connectivity index (χ3v) is 5.29. The standard InChI is InChI=1S/C11H13BrO4S2/c1-17-5-2-6-18(15,16)10-7-8(12)3-4-9(10)11(13)14/h3-4,7H,2,5-6H2,1H3,(H,13,14). The van der Waals surface area contributed by atoms with E-state index < -0.39 is 15.8 Å². The zero-order valence-electron chi connectivity index (χ0n) is 9.72. The second-order valence-electron chi connectivity index (χ2n) is 3.61. The number of hydrogen-bond donors (Lipinski definition) is 1. The van der Waals surface area contributed by atoms with E-state index in [1.807, 2.05) is 6.26 Å². The Kier molecular flexibility index (Phi) is 5.68. The molecule has 0 atom stereocenters. The van der Waals surface area contributed by atoms with Crippen LogP contribution in [-0.2, 0) is 9.84 Å². The fourth-order valence-corrected chi connectivity index (χ4v) is 4.10. The lowest BCUT2D eigenvalue weighted by atomic mass is 10.2. The average molecular weight is 353 g/mol. The Balaban J connectivity index is 3.14. The Morgan fingerprint density at radius 2 is 2.11 bits per heavy atom. The number of hydrogen-bond acceptors (Lipinski definition) is 4. The average Bonchev–Trinajstić information content (AvgIpc) is 2.28. The molecule has 4 nitrogen and oxygen atoms in total. The molecule has 1 aromatic rings. The van der Waals surface area contributed by atoms with Gasteiger partial charge in [0.05, 0.1) is 16.2 Å². The van der Waals surface area contributed by atoms with Gasteiger partial charge in [0.1, 0.15) is 0 Å². The normalized spacial score (nSPS) is 11.4. The number of benzene rings is 1. The van der Waals surface area contributed by atoms with Crippen LogP contribution in [0.4, 0.5) is 0 Å². The van der Waals surface area contributed by atoms with Crippen LogP contribution in [0.15, 0.2) is 27.6 Å². The van der Waals surface area contributed by atoms with Crippen molar-refractivity contribution < 1.29 is 18.3 Å². The van der Waals surface area contributed by atoms with Gasteiger partial charge < -0.3 is 5.11 Å². The molecule has 100 valence electrons. The molecule has 0 fully saturated rings. The van der Waals surface area contributed by atoms with Crippen molar-refractivity contribution in [2.75, 3.05) is 17.8 Å². The van der Waals surface area contributed by atoms with Crippen LogP contribution >= 0.6 is 27.7 Å². The van der Waals surface area contributed by atoms with Crippen molar-refractivity contribution in [1.82, 2.24) is 0 Å². The third-order valence-electron chi connectivity index (χ3n) is 2.27. The van der Waals surface area contributed by atoms with E-state index in [0.717, 1.165) is 5.75 Å². The summed E-state index contributed by atoms with van der Waals surface area (Å²) in [7, 11) is -3.55. The monoisotopic (exact) mass is 352 g/mol. The van der Waals surface area contributed by atoms with Crippen molar-refractivity contribution >= 4 is 43.5 Å². The Morgan fingerprint density at radius 1 is 1.44 bits per heavy atom. The first-order chi connectivity index (χ1) is 8.38. The number of carbonyl (C=O) groups is 1. The van der Waals surface area contributed by atoms with E-state index in [2.05, 4.69) is 15.9 Å². The van der Waals surface area contributed by atoms with Crippen LogP contribution < -0.4 is 0 Å². The molecule has 0 bridgehead atoms. The molecule has 0 aliphatic heterocycles. The van der Waals surface area contributed by atoms with Crippen LogP contribution in [0.5, 0.6) is 0 Å². The first-order valence-corrected chi connectivity index (χ1v) is 8.97. The second-order valence-corrected chi connectivity index (χ2v) is 7.59. The molecule has 0 heterocycles. The number of rotatable bonds is 6. The van der Waals surface area contributed by atoms with E-state index in [-0.39, 0.29) is 16.2 Å². The molecule has 0 aromatic heterocycles. The van der Waals surface area contributed by atoms with Gasteiger partial charge in [-0.05, 0) is 36.6 Å². The molecule has 0 spiro atoms. The molecule has 7 heteroatoms. The third kappa shape index (κ3) is 4.00. The number of carboxylic acids is 1. The maximum atomic E-state index is 12.1. The van der Waals surface area contributed by atoms with E-state index in [1.165, 1.54) is 18.2 Å². The van der Waals surface area contributed by atoms with Crippen LogP contribution in [0, 0.1) is 0 Å². The summed E-state index contributed by atoms with van der Waals surface area (Å²) in [6.07, 6.45) is 2.41. The van der Waals surface area contributed by atoms with Gasteiger partial charge in [0.2, 0.25) is 0 Å². The quantitative estimate of drug-likeness (QED) is 0.796. The number of halogens is 1. The van der Waals surface area contributed by atoms with Crippen molar-refractivity contribution in [3.63, 3.8) is 0 Å². The summed E-state index contributed by atoms with van der Waals surface area (Å²) in [6, 6.07) is 4.16. The van der Waals surface area contributed by atoms with E-state index >= 15 is 0 Å². The molecule has 0 radical (unpaired) electrons. The molecule has 0 aliphatic rings. The number of carboxylic acid groups (broad SMARTS) is 1. The van der Waals surface area contributed by atoms with Crippen LogP contribution in [0.2, 0.25) is 0 Å². The largest absolute Gasteiger partial charge is 0.478 e. The summed E-state index contributed by atoms with van der Waals surface area (Å²) in [5, 5.41) is 9.01. The highest BCUT2D eigenvalue weighted by atomic mass is 79.9. The van der Waals surface area contributed by atoms with Crippen molar-refractivity contribution in [2.24, 2.45) is 0 Å². The Labute approximate surface area is 119 Å². The molecule has 0 aliphatic carbocycles. The van der Waals surface area contributed by atoms with Gasteiger partial charge in [-0.25, -0.2) is 13.2 Å². The number of thioether (sulfide) groups is 1. The highest BCUT2D eigenvalue weighted by Gasteiger charge is 2.22. The predicted octanol–water partition coefficient (Wildman–Crippen LogP) is 2.67. The minimum atomic E-state index is -3.55. The van der Waals surface area contributed by atoms with Gasteiger partial charge in [0.25, 0.3) is 0 Å². The molecule has 1 N–H and O–H groups in total. The summed E-state index contributed by atoms with van der Waals surface area (Å²) < 4.78 is 24.7. The predicted molar refractivity (Wildman–Crippen MR) is 76.2 cm³/mol. The zero-order valence-corrected chi connectivity index (χ0v) is 12.9. The Bertz CT molecular complexity index is 540. The maximum Gasteiger partial charge on any atom is 0.337 e. The van der Waals surface area contributed by atoms with Crippen molar-refractivity contribution in [2.45, 2.75) is 11.3 Å². The maximum absolute atomic E-state index is 12.1. The summed E-state index contributed by atoms with van der Waals surface area (Å²) in [5.41, 5.74) is -0.178. The van der Waals surface area contributed by atoms with E-state index in [1.54, 1.807) is 11.8 Å². The van der Waals surface area contributed by atoms with Gasteiger partial charge in [0, 0.05) is 4.47 Å². The lowest BCUT2D eigenvalue weighted by molar-refractivity contribution is 0.0692. The van der Waals surface area contributed by atoms with E-state index in [9.17, 15) is 13.2 Å². The summed E-state index contributed by atoms with van der Waals surface area (Å²) >= 11 is 4.72. The van der Waals surface area contributed by atoms with Crippen LogP contribution in [0.3, 0.4) is 0 Å². The summed E-state index contributed by atoms with van der Waals surface area (Å²) in [4.78, 5) is 10.9. The van der Waals surface area contributed by atoms with Gasteiger partial charge in [-0.2, -0.15) is 11.8 Å². The van der Waals surface area contributed by atoms with E-state index in [4.69, 9.17) is 5.11 Å². The van der Waals surface area contributed by atoms with Crippen LogP contribution in [0.1, 0.15) is 16.8 Å². The van der Waals surface area contributed by atoms with Gasteiger partial charge >= 0.3 is 5.97 Å². The van der Waals surface area contributed by atoms with E-state index in [0.29, 0.717) is 10.9 Å². The lowest BCUT2D eigenvalue weighted by Crippen LogP contribution is -2.13. The number of aromatic carboxylic acids is 1. The van der Waals surface area contributed by atoms with Gasteiger partial charge in [-0.1, -0.05) is 15.9 Å². The number of sulfone groups is 1. The van der Waals surface area contributed by atoms with Gasteiger partial charge in [0.15, 0.2) is 9.84 Å². The molecule has 0 saturated carbocycles. The minimum Gasteiger partial charge on any atom is -0.478 e. The fraction of sp³-hybridized carbons (Fsp3) is 0.364. The van der Waals surface area contributed by atoms with Crippen LogP contribution in [0.25, 0.3) is 0 Å². The molecule has 0 saturated heterocycles. The van der Waals surface area contributed by atoms with Gasteiger partial charge in [-0.3, -0.25) is 0 Å². The Morgan fingerprint density at radius 3 is 2.67 bits per heavy atom. The van der Waals surface area contributed by atoms with Crippen molar-refractivity contribution in [3.8, 4) is 0 Å². The molecule has 0 unspecified atom stereocenters. The molecule has 18 heavy (non-hydrogen) atoms. The first kappa shape index (κ1) is 15.5. The SMILES string of the molecule is CSCCCS(=O)(=O)c1cc(Br)ccc1C(=O)O. The van der Waals surface area contributed by atoms with Crippen molar-refractivity contribution in [3.05, 3.63) is 28.2 Å². The van der Waals surface area contributed by atoms with Gasteiger partial charge in [-0.15, -0.1) is 0 Å². The smallest absolute Gasteiger partial charge is 0.337 e. The lowest BCUT2D eigenvalue weighted by Gasteiger charge is -2.08. The molecule has 1 aromatic carbocycles.